The van der Waals surface area contributed by atoms with Crippen molar-refractivity contribution < 1.29 is 9.21 Å². The fourth-order valence-electron chi connectivity index (χ4n) is 1.79. The van der Waals surface area contributed by atoms with E-state index in [9.17, 15) is 4.79 Å². The topological polar surface area (TPSA) is 96.9 Å². The van der Waals surface area contributed by atoms with Gasteiger partial charge in [-0.2, -0.15) is 0 Å². The van der Waals surface area contributed by atoms with Crippen molar-refractivity contribution in [1.82, 2.24) is 15.4 Å². The van der Waals surface area contributed by atoms with Gasteiger partial charge in [0.2, 0.25) is 0 Å². The molecule has 0 aliphatic heterocycles. The Labute approximate surface area is 89.4 Å². The third-order valence-electron chi connectivity index (χ3n) is 2.50. The third-order valence-corrected chi connectivity index (χ3v) is 2.50. The maximum atomic E-state index is 11.6. The fraction of sp³-hybridized carbons (Fsp3) is 0. The summed E-state index contributed by atoms with van der Waals surface area (Å²) in [5.74, 6) is 4.72. The molecule has 0 saturated carbocycles. The van der Waals surface area contributed by atoms with Crippen molar-refractivity contribution in [3.8, 4) is 0 Å². The number of imidazole rings is 1. The molecule has 16 heavy (non-hydrogen) atoms. The first-order valence-corrected chi connectivity index (χ1v) is 4.65. The van der Waals surface area contributed by atoms with Gasteiger partial charge in [0, 0.05) is 5.39 Å². The second-order valence-corrected chi connectivity index (χ2v) is 3.36. The van der Waals surface area contributed by atoms with Crippen molar-refractivity contribution in [2.45, 2.75) is 0 Å². The van der Waals surface area contributed by atoms with Crippen molar-refractivity contribution in [1.29, 1.82) is 0 Å². The number of hydrogen-bond acceptors (Lipinski definition) is 4. The Kier molecular flexibility index (Phi) is 1.72. The Hall–Kier alpha value is -2.34. The van der Waals surface area contributed by atoms with Gasteiger partial charge in [-0.25, -0.2) is 10.8 Å². The molecule has 0 bridgehead atoms. The molecule has 2 heterocycles. The summed E-state index contributed by atoms with van der Waals surface area (Å²) in [6.45, 7) is 0. The normalized spacial score (nSPS) is 11.1. The Morgan fingerprint density at radius 1 is 1.56 bits per heavy atom. The molecular weight excluding hydrogens is 208 g/mol. The van der Waals surface area contributed by atoms with Crippen molar-refractivity contribution in [3.63, 3.8) is 0 Å². The number of nitrogen functional groups attached to an aromatic ring is 1. The number of furan rings is 1. The molecule has 0 fully saturated rings. The number of rotatable bonds is 1. The predicted octanol–water partition coefficient (Wildman–Crippen LogP) is 0.913. The molecule has 2 aromatic heterocycles. The molecule has 6 heteroatoms. The number of hydrogen-bond donors (Lipinski definition) is 3. The summed E-state index contributed by atoms with van der Waals surface area (Å²) in [5, 5.41) is 0.789. The number of amides is 1. The monoisotopic (exact) mass is 216 g/mol. The van der Waals surface area contributed by atoms with Crippen LogP contribution in [-0.4, -0.2) is 15.9 Å². The minimum absolute atomic E-state index is 0.388. The lowest BCUT2D eigenvalue weighted by Gasteiger charge is -2.01. The van der Waals surface area contributed by atoms with E-state index in [1.165, 1.54) is 6.26 Å². The number of aromatic amines is 1. The van der Waals surface area contributed by atoms with Gasteiger partial charge in [0.15, 0.2) is 0 Å². The molecule has 0 unspecified atom stereocenters. The van der Waals surface area contributed by atoms with Crippen molar-refractivity contribution in [3.05, 3.63) is 30.3 Å². The molecule has 3 aromatic rings. The molecule has 1 amide bonds. The highest BCUT2D eigenvalue weighted by Crippen LogP contribution is 2.27. The van der Waals surface area contributed by atoms with Crippen LogP contribution in [0.1, 0.15) is 10.4 Å². The van der Waals surface area contributed by atoms with Crippen LogP contribution in [0.15, 0.2) is 29.1 Å². The number of hydrazine groups is 1. The number of carbonyl (C=O) groups is 1. The maximum absolute atomic E-state index is 11.6. The Bertz CT molecular complexity index is 682. The van der Waals surface area contributed by atoms with E-state index in [-0.39, 0.29) is 0 Å². The largest absolute Gasteiger partial charge is 0.463 e. The number of carbonyl (C=O) groups excluding carboxylic acids is 1. The number of nitrogens with one attached hydrogen (secondary N) is 2. The third kappa shape index (κ3) is 1.04. The summed E-state index contributed by atoms with van der Waals surface area (Å²) in [4.78, 5) is 18.7. The summed E-state index contributed by atoms with van der Waals surface area (Å²) < 4.78 is 5.28. The first-order chi connectivity index (χ1) is 7.81. The summed E-state index contributed by atoms with van der Waals surface area (Å²) >= 11 is 0. The van der Waals surface area contributed by atoms with Crippen LogP contribution in [0.3, 0.4) is 0 Å². The molecule has 3 rings (SSSR count). The molecule has 0 atom stereocenters. The van der Waals surface area contributed by atoms with Gasteiger partial charge in [0.05, 0.1) is 29.2 Å². The van der Waals surface area contributed by atoms with E-state index in [0.29, 0.717) is 11.1 Å². The van der Waals surface area contributed by atoms with Gasteiger partial charge in [-0.15, -0.1) is 0 Å². The predicted molar refractivity (Wildman–Crippen MR) is 57.5 cm³/mol. The highest BCUT2D eigenvalue weighted by molar-refractivity contribution is 6.13. The minimum atomic E-state index is -0.392. The number of nitrogens with zero attached hydrogens (tertiary/aromatic N) is 1. The highest BCUT2D eigenvalue weighted by Gasteiger charge is 2.15. The number of benzene rings is 1. The van der Waals surface area contributed by atoms with E-state index in [0.717, 1.165) is 16.4 Å². The summed E-state index contributed by atoms with van der Waals surface area (Å²) in [6.07, 6.45) is 3.09. The van der Waals surface area contributed by atoms with E-state index in [2.05, 4.69) is 15.4 Å². The number of fused-ring (bicyclic) bond motifs is 3. The minimum Gasteiger partial charge on any atom is -0.463 e. The molecule has 0 aliphatic carbocycles. The van der Waals surface area contributed by atoms with Crippen molar-refractivity contribution in [2.24, 2.45) is 5.84 Å². The molecule has 80 valence electrons. The van der Waals surface area contributed by atoms with Crippen LogP contribution >= 0.6 is 0 Å². The average molecular weight is 216 g/mol. The first kappa shape index (κ1) is 8.93. The van der Waals surface area contributed by atoms with Gasteiger partial charge in [-0.3, -0.25) is 10.2 Å². The number of H-pyrrole nitrogens is 1. The second kappa shape index (κ2) is 3.07. The summed E-state index contributed by atoms with van der Waals surface area (Å²) in [7, 11) is 0. The smallest absolute Gasteiger partial charge is 0.269 e. The van der Waals surface area contributed by atoms with Crippen LogP contribution in [0.2, 0.25) is 0 Å². The van der Waals surface area contributed by atoms with Crippen LogP contribution in [0.4, 0.5) is 0 Å². The Morgan fingerprint density at radius 2 is 2.44 bits per heavy atom. The Balaban J connectivity index is 2.47. The van der Waals surface area contributed by atoms with E-state index in [1.807, 2.05) is 0 Å². The van der Waals surface area contributed by atoms with Crippen LogP contribution in [-0.2, 0) is 0 Å². The van der Waals surface area contributed by atoms with Gasteiger partial charge < -0.3 is 9.40 Å². The number of aromatic nitrogens is 2. The van der Waals surface area contributed by atoms with Gasteiger partial charge >= 0.3 is 0 Å². The average Bonchev–Trinajstić information content (AvgIpc) is 2.93. The van der Waals surface area contributed by atoms with Gasteiger partial charge in [-0.1, -0.05) is 0 Å². The summed E-state index contributed by atoms with van der Waals surface area (Å²) in [5.41, 5.74) is 4.51. The van der Waals surface area contributed by atoms with Gasteiger partial charge in [-0.05, 0) is 12.1 Å². The SMILES string of the molecule is NNC(=O)c1cc2[nH]cnc2c2ccoc12. The van der Waals surface area contributed by atoms with Crippen molar-refractivity contribution >= 4 is 27.9 Å². The van der Waals surface area contributed by atoms with E-state index < -0.39 is 5.91 Å². The summed E-state index contributed by atoms with van der Waals surface area (Å²) in [6, 6.07) is 3.43. The van der Waals surface area contributed by atoms with Crippen LogP contribution in [0.5, 0.6) is 0 Å². The molecular formula is C10H8N4O2. The molecule has 0 spiro atoms. The molecule has 0 saturated heterocycles. The van der Waals surface area contributed by atoms with Gasteiger partial charge in [0.1, 0.15) is 5.58 Å². The van der Waals surface area contributed by atoms with E-state index in [4.69, 9.17) is 10.3 Å². The lowest BCUT2D eigenvalue weighted by molar-refractivity contribution is 0.0954. The lowest BCUT2D eigenvalue weighted by atomic mass is 10.1. The lowest BCUT2D eigenvalue weighted by Crippen LogP contribution is -2.30. The van der Waals surface area contributed by atoms with E-state index in [1.54, 1.807) is 18.5 Å². The fourth-order valence-corrected chi connectivity index (χ4v) is 1.79. The molecule has 1 aromatic carbocycles. The highest BCUT2D eigenvalue weighted by atomic mass is 16.3. The van der Waals surface area contributed by atoms with E-state index >= 15 is 0 Å². The molecule has 6 nitrogen and oxygen atoms in total. The zero-order chi connectivity index (χ0) is 11.1. The van der Waals surface area contributed by atoms with Crippen LogP contribution in [0.25, 0.3) is 22.0 Å². The number of nitrogens with two attached hydrogens (primary N) is 1. The standard InChI is InChI=1S/C10H8N4O2/c11-14-10(15)6-3-7-8(13-4-12-7)5-1-2-16-9(5)6/h1-4H,11H2,(H,12,13)(H,14,15). The van der Waals surface area contributed by atoms with Crippen molar-refractivity contribution in [2.75, 3.05) is 0 Å². The second-order valence-electron chi connectivity index (χ2n) is 3.36. The molecule has 0 aliphatic rings. The molecule has 0 radical (unpaired) electrons. The Morgan fingerprint density at radius 3 is 3.25 bits per heavy atom. The molecule has 4 N–H and O–H groups in total. The zero-order valence-corrected chi connectivity index (χ0v) is 8.15. The quantitative estimate of drug-likeness (QED) is 0.320. The van der Waals surface area contributed by atoms with Crippen LogP contribution in [0, 0.1) is 0 Å². The van der Waals surface area contributed by atoms with Crippen LogP contribution < -0.4 is 11.3 Å². The zero-order valence-electron chi connectivity index (χ0n) is 8.15. The van der Waals surface area contributed by atoms with Gasteiger partial charge in [0.25, 0.3) is 5.91 Å². The first-order valence-electron chi connectivity index (χ1n) is 4.65. The maximum Gasteiger partial charge on any atom is 0.269 e.